The van der Waals surface area contributed by atoms with Crippen molar-refractivity contribution >= 4 is 55.6 Å². The zero-order valence-corrected chi connectivity index (χ0v) is 21.8. The number of fused-ring (bicyclic) bond motifs is 1. The molecule has 0 radical (unpaired) electrons. The van der Waals surface area contributed by atoms with Crippen LogP contribution in [0, 0.1) is 5.92 Å². The average molecular weight is 504 g/mol. The highest BCUT2D eigenvalue weighted by Crippen LogP contribution is 2.40. The van der Waals surface area contributed by atoms with Crippen LogP contribution in [0.3, 0.4) is 0 Å². The van der Waals surface area contributed by atoms with Crippen LogP contribution in [-0.4, -0.2) is 67.0 Å². The van der Waals surface area contributed by atoms with E-state index in [-0.39, 0.29) is 23.6 Å². The van der Waals surface area contributed by atoms with Gasteiger partial charge in [0.25, 0.3) is 0 Å². The summed E-state index contributed by atoms with van der Waals surface area (Å²) in [5, 5.41) is 5.56. The van der Waals surface area contributed by atoms with Crippen LogP contribution in [-0.2, 0) is 9.84 Å². The number of nitrogens with one attached hydrogen (secondary N) is 1. The maximum atomic E-state index is 11.8. The summed E-state index contributed by atoms with van der Waals surface area (Å²) in [6.45, 7) is 6.80. The molecule has 11 heteroatoms. The Bertz CT molecular complexity index is 1330. The Morgan fingerprint density at radius 1 is 1.21 bits per heavy atom. The molecule has 1 fully saturated rings. The van der Waals surface area contributed by atoms with Crippen molar-refractivity contribution < 1.29 is 8.42 Å². The third-order valence-electron chi connectivity index (χ3n) is 6.13. The lowest BCUT2D eigenvalue weighted by molar-refractivity contribution is 0.339. The van der Waals surface area contributed by atoms with Gasteiger partial charge in [-0.05, 0) is 30.4 Å². The first-order valence-corrected chi connectivity index (χ1v) is 13.6. The molecule has 4 rings (SSSR count). The molecule has 9 nitrogen and oxygen atoms in total. The Labute approximate surface area is 205 Å². The van der Waals surface area contributed by atoms with Gasteiger partial charge in [0, 0.05) is 62.2 Å². The molecule has 1 aliphatic rings. The summed E-state index contributed by atoms with van der Waals surface area (Å²) in [6.07, 6.45) is 4.77. The highest BCUT2D eigenvalue weighted by atomic mass is 35.5. The van der Waals surface area contributed by atoms with Crippen LogP contribution >= 0.6 is 11.6 Å². The van der Waals surface area contributed by atoms with E-state index in [1.165, 1.54) is 6.26 Å². The number of hydrogen-bond donors (Lipinski definition) is 1. The Kier molecular flexibility index (Phi) is 6.56. The minimum atomic E-state index is -3.04. The lowest BCUT2D eigenvalue weighted by atomic mass is 9.90. The monoisotopic (exact) mass is 503 g/mol. The van der Waals surface area contributed by atoms with E-state index in [1.807, 2.05) is 32.0 Å². The minimum absolute atomic E-state index is 0.0367. The number of sulfone groups is 1. The maximum absolute atomic E-state index is 11.8. The molecule has 0 unspecified atom stereocenters. The van der Waals surface area contributed by atoms with Gasteiger partial charge in [-0.15, -0.1) is 0 Å². The number of pyridine rings is 2. The van der Waals surface area contributed by atoms with Crippen molar-refractivity contribution in [3.05, 3.63) is 35.2 Å². The Hall–Kier alpha value is -2.72. The molecular weight excluding hydrogens is 474 g/mol. The van der Waals surface area contributed by atoms with Crippen LogP contribution in [0.2, 0.25) is 5.15 Å². The van der Waals surface area contributed by atoms with E-state index in [0.717, 1.165) is 22.2 Å². The number of rotatable bonds is 7. The third kappa shape index (κ3) is 4.88. The van der Waals surface area contributed by atoms with Crippen molar-refractivity contribution in [2.24, 2.45) is 5.92 Å². The number of halogens is 1. The van der Waals surface area contributed by atoms with E-state index in [4.69, 9.17) is 16.6 Å². The van der Waals surface area contributed by atoms with Crippen molar-refractivity contribution in [3.8, 4) is 0 Å². The smallest absolute Gasteiger partial charge is 0.226 e. The molecule has 1 saturated heterocycles. The van der Waals surface area contributed by atoms with E-state index in [9.17, 15) is 8.42 Å². The van der Waals surface area contributed by atoms with Crippen LogP contribution in [0.15, 0.2) is 24.5 Å². The highest BCUT2D eigenvalue weighted by molar-refractivity contribution is 7.90. The normalized spacial score (nSPS) is 18.3. The fourth-order valence-corrected chi connectivity index (χ4v) is 5.89. The quantitative estimate of drug-likeness (QED) is 0.481. The second-order valence-corrected chi connectivity index (χ2v) is 12.0. The van der Waals surface area contributed by atoms with Gasteiger partial charge in [-0.3, -0.25) is 0 Å². The summed E-state index contributed by atoms with van der Waals surface area (Å²) < 4.78 is 23.5. The number of hydrogen-bond acceptors (Lipinski definition) is 9. The lowest BCUT2D eigenvalue weighted by Crippen LogP contribution is -2.57. The topological polar surface area (TPSA) is 104 Å². The van der Waals surface area contributed by atoms with Crippen LogP contribution in [0.4, 0.5) is 23.4 Å². The summed E-state index contributed by atoms with van der Waals surface area (Å²) in [4.78, 5) is 22.0. The van der Waals surface area contributed by atoms with E-state index < -0.39 is 9.84 Å². The fraction of sp³-hybridized carbons (Fsp3) is 0.478. The summed E-state index contributed by atoms with van der Waals surface area (Å²) in [6, 6.07) is 3.80. The van der Waals surface area contributed by atoms with E-state index >= 15 is 0 Å². The van der Waals surface area contributed by atoms with Gasteiger partial charge in [0.1, 0.15) is 32.4 Å². The Balaban J connectivity index is 1.73. The first-order valence-electron chi connectivity index (χ1n) is 11.2. The Morgan fingerprint density at radius 2 is 1.94 bits per heavy atom. The summed E-state index contributed by atoms with van der Waals surface area (Å²) in [5.74, 6) is 2.98. The summed E-state index contributed by atoms with van der Waals surface area (Å²) >= 11 is 6.69. The van der Waals surface area contributed by atoms with Gasteiger partial charge in [0.2, 0.25) is 5.95 Å². The van der Waals surface area contributed by atoms with E-state index in [0.29, 0.717) is 29.3 Å². The minimum Gasteiger partial charge on any atom is -0.353 e. The summed E-state index contributed by atoms with van der Waals surface area (Å²) in [7, 11) is 0.728. The SMILES string of the molecule is CC(C)c1c(Cl)nc(N2C[C@H](CS(C)(=O)=O)[C@H]2C)c2cnc(Nc3ccnc(N(C)C)n3)cc12. The number of aromatic nitrogens is 4. The maximum Gasteiger partial charge on any atom is 0.226 e. The number of anilines is 4. The molecule has 3 aromatic rings. The number of nitrogens with zero attached hydrogens (tertiary/aromatic N) is 6. The van der Waals surface area contributed by atoms with Crippen molar-refractivity contribution in [2.75, 3.05) is 47.8 Å². The molecule has 3 aromatic heterocycles. The van der Waals surface area contributed by atoms with Crippen LogP contribution < -0.4 is 15.1 Å². The van der Waals surface area contributed by atoms with Crippen molar-refractivity contribution in [2.45, 2.75) is 32.7 Å². The fourth-order valence-electron chi connectivity index (χ4n) is 4.33. The molecule has 34 heavy (non-hydrogen) atoms. The molecule has 0 bridgehead atoms. The largest absolute Gasteiger partial charge is 0.353 e. The zero-order chi connectivity index (χ0) is 24.8. The molecular formula is C23H30ClN7O2S. The average Bonchev–Trinajstić information content (AvgIpc) is 2.74. The molecule has 1 N–H and O–H groups in total. The standard InChI is InChI=1S/C23H30ClN7O2S/c1-13(2)20-16-9-19(27-18-7-8-25-23(28-18)30(4)5)26-10-17(16)22(29-21(20)24)31-11-15(14(31)3)12-34(6,32)33/h7-10,13-15H,11-12H2,1-6H3,(H,25,26,27,28)/t14-,15-/m1/s1. The molecule has 0 amide bonds. The Morgan fingerprint density at radius 3 is 2.56 bits per heavy atom. The van der Waals surface area contributed by atoms with Crippen LogP contribution in [0.5, 0.6) is 0 Å². The molecule has 182 valence electrons. The highest BCUT2D eigenvalue weighted by Gasteiger charge is 2.39. The molecule has 4 heterocycles. The molecule has 0 spiro atoms. The molecule has 0 aliphatic carbocycles. The third-order valence-corrected chi connectivity index (χ3v) is 7.45. The van der Waals surface area contributed by atoms with Gasteiger partial charge in [0.05, 0.1) is 5.75 Å². The van der Waals surface area contributed by atoms with Crippen molar-refractivity contribution in [1.29, 1.82) is 0 Å². The van der Waals surface area contributed by atoms with Crippen LogP contribution in [0.25, 0.3) is 10.8 Å². The molecule has 0 aromatic carbocycles. The van der Waals surface area contributed by atoms with Gasteiger partial charge in [-0.25, -0.2) is 23.4 Å². The van der Waals surface area contributed by atoms with Gasteiger partial charge < -0.3 is 15.1 Å². The molecule has 0 saturated carbocycles. The van der Waals surface area contributed by atoms with E-state index in [1.54, 1.807) is 18.5 Å². The van der Waals surface area contributed by atoms with Gasteiger partial charge in [-0.1, -0.05) is 25.4 Å². The van der Waals surface area contributed by atoms with Gasteiger partial charge in [0.15, 0.2) is 0 Å². The zero-order valence-electron chi connectivity index (χ0n) is 20.2. The first-order chi connectivity index (χ1) is 15.9. The van der Waals surface area contributed by atoms with Crippen molar-refractivity contribution in [3.63, 3.8) is 0 Å². The molecule has 2 atom stereocenters. The second kappa shape index (κ2) is 9.14. The van der Waals surface area contributed by atoms with Crippen LogP contribution in [0.1, 0.15) is 32.3 Å². The molecule has 1 aliphatic heterocycles. The predicted molar refractivity (Wildman–Crippen MR) is 138 cm³/mol. The lowest BCUT2D eigenvalue weighted by Gasteiger charge is -2.47. The van der Waals surface area contributed by atoms with E-state index in [2.05, 4.69) is 39.0 Å². The van der Waals surface area contributed by atoms with Crippen molar-refractivity contribution in [1.82, 2.24) is 19.9 Å². The summed E-state index contributed by atoms with van der Waals surface area (Å²) in [5.41, 5.74) is 0.948. The van der Waals surface area contributed by atoms with Gasteiger partial charge in [-0.2, -0.15) is 4.98 Å². The predicted octanol–water partition coefficient (Wildman–Crippen LogP) is 3.88. The van der Waals surface area contributed by atoms with Gasteiger partial charge >= 0.3 is 0 Å². The first kappa shape index (κ1) is 24.4. The second-order valence-electron chi connectivity index (χ2n) is 9.42.